The topological polar surface area (TPSA) is 24.7 Å². The van der Waals surface area contributed by atoms with Crippen molar-refractivity contribution in [3.8, 4) is 0 Å². The summed E-state index contributed by atoms with van der Waals surface area (Å²) in [7, 11) is 0. The molecule has 0 radical (unpaired) electrons. The third-order valence-electron chi connectivity index (χ3n) is 3.85. The van der Waals surface area contributed by atoms with Gasteiger partial charge in [-0.2, -0.15) is 0 Å². The molecule has 1 aromatic carbocycles. The van der Waals surface area contributed by atoms with E-state index in [-0.39, 0.29) is 17.4 Å². The van der Waals surface area contributed by atoms with Crippen molar-refractivity contribution in [3.05, 3.63) is 35.7 Å². The van der Waals surface area contributed by atoms with Gasteiger partial charge in [-0.05, 0) is 30.9 Å². The average molecular weight is 314 g/mol. The van der Waals surface area contributed by atoms with E-state index < -0.39 is 0 Å². The summed E-state index contributed by atoms with van der Waals surface area (Å²) in [6.45, 7) is 17.7. The number of amides is 1. The summed E-state index contributed by atoms with van der Waals surface area (Å²) in [5.74, 6) is 0.142. The molecule has 1 rings (SSSR count). The van der Waals surface area contributed by atoms with Crippen LogP contribution < -0.4 is 4.90 Å². The number of hydrogen-bond acceptors (Lipinski definition) is 1. The fourth-order valence-electron chi connectivity index (χ4n) is 2.71. The van der Waals surface area contributed by atoms with Crippen LogP contribution >= 0.6 is 0 Å². The van der Waals surface area contributed by atoms with Gasteiger partial charge in [-0.3, -0.25) is 4.79 Å². The number of rotatable bonds is 7. The Morgan fingerprint density at radius 1 is 1.30 bits per heavy atom. The molecule has 23 heavy (non-hydrogen) atoms. The normalized spacial score (nSPS) is 12.5. The third-order valence-corrected chi connectivity index (χ3v) is 3.85. The van der Waals surface area contributed by atoms with E-state index in [1.165, 1.54) is 12.8 Å². The Kier molecular flexibility index (Phi) is 7.29. The van der Waals surface area contributed by atoms with Gasteiger partial charge < -0.3 is 4.90 Å². The zero-order chi connectivity index (χ0) is 17.5. The summed E-state index contributed by atoms with van der Waals surface area (Å²) >= 11 is 0. The highest BCUT2D eigenvalue weighted by atomic mass is 16.2. The van der Waals surface area contributed by atoms with Gasteiger partial charge in [0.05, 0.1) is 6.57 Å². The highest BCUT2D eigenvalue weighted by Crippen LogP contribution is 2.28. The lowest BCUT2D eigenvalue weighted by atomic mass is 9.91. The minimum absolute atomic E-state index is 0.0458. The van der Waals surface area contributed by atoms with Crippen molar-refractivity contribution < 1.29 is 4.79 Å². The van der Waals surface area contributed by atoms with Crippen molar-refractivity contribution in [2.45, 2.75) is 72.8 Å². The predicted molar refractivity (Wildman–Crippen MR) is 97.9 cm³/mol. The number of nitrogens with zero attached hydrogens (tertiary/aromatic N) is 2. The fourth-order valence-corrected chi connectivity index (χ4v) is 2.71. The second-order valence-corrected chi connectivity index (χ2v) is 7.48. The Balaban J connectivity index is 3.04. The maximum absolute atomic E-state index is 12.9. The van der Waals surface area contributed by atoms with Crippen molar-refractivity contribution in [1.82, 2.24) is 0 Å². The quantitative estimate of drug-likeness (QED) is 0.449. The highest BCUT2D eigenvalue weighted by Gasteiger charge is 2.26. The molecule has 0 bridgehead atoms. The van der Waals surface area contributed by atoms with Crippen molar-refractivity contribution >= 4 is 17.3 Å². The Morgan fingerprint density at radius 2 is 2.00 bits per heavy atom. The van der Waals surface area contributed by atoms with Gasteiger partial charge in [0.2, 0.25) is 5.91 Å². The van der Waals surface area contributed by atoms with E-state index in [0.717, 1.165) is 18.5 Å². The highest BCUT2D eigenvalue weighted by molar-refractivity contribution is 5.94. The molecule has 1 amide bonds. The second kappa shape index (κ2) is 8.72. The van der Waals surface area contributed by atoms with Gasteiger partial charge >= 0.3 is 0 Å². The summed E-state index contributed by atoms with van der Waals surface area (Å²) in [5, 5.41) is 0. The lowest BCUT2D eigenvalue weighted by Crippen LogP contribution is -2.40. The summed E-state index contributed by atoms with van der Waals surface area (Å²) in [5.41, 5.74) is 1.38. The molecule has 0 N–H and O–H groups in total. The summed E-state index contributed by atoms with van der Waals surface area (Å²) in [4.78, 5) is 18.3. The Bertz CT molecular complexity index is 551. The second-order valence-electron chi connectivity index (χ2n) is 7.48. The van der Waals surface area contributed by atoms with E-state index in [1.54, 1.807) is 6.07 Å². The van der Waals surface area contributed by atoms with E-state index in [1.807, 2.05) is 23.1 Å². The van der Waals surface area contributed by atoms with Crippen LogP contribution in [0.2, 0.25) is 0 Å². The number of carbonyl (C=O) groups excluding carboxylic acids is 1. The molecule has 0 fully saturated rings. The molecular weight excluding hydrogens is 284 g/mol. The van der Waals surface area contributed by atoms with Crippen LogP contribution in [0.4, 0.5) is 11.4 Å². The average Bonchev–Trinajstić information content (AvgIpc) is 2.46. The maximum Gasteiger partial charge on any atom is 0.227 e. The number of anilines is 1. The van der Waals surface area contributed by atoms with Crippen LogP contribution in [0.25, 0.3) is 4.85 Å². The molecule has 1 aromatic rings. The number of unbranched alkanes of at least 4 members (excludes halogenated alkanes) is 2. The predicted octanol–water partition coefficient (Wildman–Crippen LogP) is 5.98. The first-order valence-electron chi connectivity index (χ1n) is 8.58. The lowest BCUT2D eigenvalue weighted by molar-refractivity contribution is -0.120. The third kappa shape index (κ3) is 6.44. The summed E-state index contributed by atoms with van der Waals surface area (Å²) < 4.78 is 0. The molecule has 1 atom stereocenters. The standard InChI is InChI=1S/C20H30N2O/c1-7-8-9-11-16(2)22(19(23)15-20(3,4)5)18-13-10-12-17(14-18)21-6/h10,12-14,16H,7-9,11,15H2,1-5H3. The molecule has 0 spiro atoms. The van der Waals surface area contributed by atoms with Crippen LogP contribution in [0.1, 0.15) is 66.7 Å². The number of hydrogen-bond donors (Lipinski definition) is 0. The van der Waals surface area contributed by atoms with E-state index in [9.17, 15) is 4.79 Å². The molecule has 0 aliphatic heterocycles. The molecule has 0 saturated heterocycles. The molecule has 0 heterocycles. The minimum atomic E-state index is -0.0458. The van der Waals surface area contributed by atoms with Crippen molar-refractivity contribution in [3.63, 3.8) is 0 Å². The van der Waals surface area contributed by atoms with E-state index >= 15 is 0 Å². The summed E-state index contributed by atoms with van der Waals surface area (Å²) in [6.07, 6.45) is 4.99. The molecule has 1 unspecified atom stereocenters. The molecular formula is C20H30N2O. The maximum atomic E-state index is 12.9. The van der Waals surface area contributed by atoms with Gasteiger partial charge in [0, 0.05) is 18.2 Å². The molecule has 0 aliphatic carbocycles. The molecule has 0 aromatic heterocycles. The van der Waals surface area contributed by atoms with Crippen LogP contribution in [0, 0.1) is 12.0 Å². The summed E-state index contributed by atoms with van der Waals surface area (Å²) in [6, 6.07) is 7.55. The van der Waals surface area contributed by atoms with Crippen molar-refractivity contribution in [2.24, 2.45) is 5.41 Å². The van der Waals surface area contributed by atoms with Gasteiger partial charge in [0.1, 0.15) is 0 Å². The van der Waals surface area contributed by atoms with Crippen LogP contribution in [0.15, 0.2) is 24.3 Å². The first-order chi connectivity index (χ1) is 10.8. The van der Waals surface area contributed by atoms with Gasteiger partial charge in [-0.15, -0.1) is 0 Å². The molecule has 0 aliphatic rings. The minimum Gasteiger partial charge on any atom is -0.311 e. The Hall–Kier alpha value is -1.82. The SMILES string of the molecule is [C-]#[N+]c1cccc(N(C(=O)CC(C)(C)C)C(C)CCCCC)c1. The van der Waals surface area contributed by atoms with E-state index in [4.69, 9.17) is 6.57 Å². The Labute approximate surface area is 141 Å². The van der Waals surface area contributed by atoms with Crippen LogP contribution in [0.3, 0.4) is 0 Å². The first kappa shape index (κ1) is 19.2. The number of carbonyl (C=O) groups is 1. The van der Waals surface area contributed by atoms with Crippen LogP contribution in [-0.2, 0) is 4.79 Å². The van der Waals surface area contributed by atoms with Gasteiger partial charge in [0.25, 0.3) is 0 Å². The first-order valence-corrected chi connectivity index (χ1v) is 8.58. The zero-order valence-electron chi connectivity index (χ0n) is 15.2. The lowest BCUT2D eigenvalue weighted by Gasteiger charge is -2.32. The van der Waals surface area contributed by atoms with Gasteiger partial charge in [0.15, 0.2) is 5.69 Å². The molecule has 126 valence electrons. The van der Waals surface area contributed by atoms with Crippen LogP contribution in [-0.4, -0.2) is 11.9 Å². The van der Waals surface area contributed by atoms with Crippen molar-refractivity contribution in [2.75, 3.05) is 4.90 Å². The van der Waals surface area contributed by atoms with Gasteiger partial charge in [-0.1, -0.05) is 59.1 Å². The zero-order valence-corrected chi connectivity index (χ0v) is 15.2. The van der Waals surface area contributed by atoms with Crippen LogP contribution in [0.5, 0.6) is 0 Å². The monoisotopic (exact) mass is 314 g/mol. The van der Waals surface area contributed by atoms with E-state index in [2.05, 4.69) is 39.5 Å². The van der Waals surface area contributed by atoms with E-state index in [0.29, 0.717) is 12.1 Å². The number of benzene rings is 1. The molecule has 0 saturated carbocycles. The van der Waals surface area contributed by atoms with Gasteiger partial charge in [-0.25, -0.2) is 4.85 Å². The van der Waals surface area contributed by atoms with Crippen molar-refractivity contribution in [1.29, 1.82) is 0 Å². The molecule has 3 nitrogen and oxygen atoms in total. The Morgan fingerprint density at radius 3 is 2.57 bits per heavy atom. The smallest absolute Gasteiger partial charge is 0.227 e. The largest absolute Gasteiger partial charge is 0.311 e. The fraction of sp³-hybridized carbons (Fsp3) is 0.600. The molecule has 3 heteroatoms.